The lowest BCUT2D eigenvalue weighted by atomic mass is 10.2. The summed E-state index contributed by atoms with van der Waals surface area (Å²) in [6.45, 7) is 1.80. The summed E-state index contributed by atoms with van der Waals surface area (Å²) in [5.74, 6) is -0.518. The van der Waals surface area contributed by atoms with Gasteiger partial charge in [0.15, 0.2) is 5.65 Å². The van der Waals surface area contributed by atoms with Gasteiger partial charge >= 0.3 is 6.18 Å². The van der Waals surface area contributed by atoms with Gasteiger partial charge in [-0.3, -0.25) is 20.3 Å². The number of aryl methyl sites for hydroxylation is 2. The fourth-order valence-corrected chi connectivity index (χ4v) is 2.41. The van der Waals surface area contributed by atoms with Gasteiger partial charge in [-0.2, -0.15) is 18.3 Å². The summed E-state index contributed by atoms with van der Waals surface area (Å²) in [5, 5.41) is 4.95. The number of rotatable bonds is 3. The van der Waals surface area contributed by atoms with E-state index < -0.39 is 17.6 Å². The number of carbonyl (C=O) groups excluding carboxylic acids is 1. The summed E-state index contributed by atoms with van der Waals surface area (Å²) in [7, 11) is 1.75. The number of nitrogens with zero attached hydrogens (tertiary/aromatic N) is 3. The molecular formula is C16H14F3N5O. The molecule has 2 N–H and O–H groups in total. The molecule has 1 aromatic carbocycles. The van der Waals surface area contributed by atoms with Crippen molar-refractivity contribution >= 4 is 22.6 Å². The van der Waals surface area contributed by atoms with Gasteiger partial charge in [0, 0.05) is 18.6 Å². The molecule has 1 amide bonds. The lowest BCUT2D eigenvalue weighted by Crippen LogP contribution is -2.29. The van der Waals surface area contributed by atoms with Crippen molar-refractivity contribution in [1.29, 1.82) is 0 Å². The van der Waals surface area contributed by atoms with Crippen LogP contribution >= 0.6 is 0 Å². The molecule has 0 unspecified atom stereocenters. The van der Waals surface area contributed by atoms with Crippen LogP contribution in [0.2, 0.25) is 0 Å². The fourth-order valence-electron chi connectivity index (χ4n) is 2.41. The molecule has 6 nitrogen and oxygen atoms in total. The molecule has 0 aliphatic rings. The molecule has 25 heavy (non-hydrogen) atoms. The summed E-state index contributed by atoms with van der Waals surface area (Å²) in [5.41, 5.74) is 5.78. The Balaban J connectivity index is 1.76. The number of amides is 1. The monoisotopic (exact) mass is 349 g/mol. The van der Waals surface area contributed by atoms with Crippen molar-refractivity contribution < 1.29 is 18.0 Å². The molecule has 0 aliphatic heterocycles. The highest BCUT2D eigenvalue weighted by Gasteiger charge is 2.30. The molecule has 0 bridgehead atoms. The number of fused-ring (bicyclic) bond motifs is 1. The number of alkyl halides is 3. The number of hydrogen-bond donors (Lipinski definition) is 2. The van der Waals surface area contributed by atoms with E-state index in [2.05, 4.69) is 20.9 Å². The van der Waals surface area contributed by atoms with E-state index in [1.807, 2.05) is 0 Å². The van der Waals surface area contributed by atoms with Crippen LogP contribution in [-0.4, -0.2) is 20.7 Å². The van der Waals surface area contributed by atoms with Gasteiger partial charge in [-0.05, 0) is 31.2 Å². The molecule has 0 saturated carbocycles. The minimum absolute atomic E-state index is 0.120. The van der Waals surface area contributed by atoms with Crippen molar-refractivity contribution in [1.82, 2.24) is 20.2 Å². The van der Waals surface area contributed by atoms with Crippen LogP contribution < -0.4 is 10.9 Å². The van der Waals surface area contributed by atoms with Gasteiger partial charge in [-0.25, -0.2) is 4.98 Å². The zero-order valence-corrected chi connectivity index (χ0v) is 13.3. The zero-order chi connectivity index (χ0) is 18.2. The smallest absolute Gasteiger partial charge is 0.298 e. The normalized spacial score (nSPS) is 11.6. The molecule has 0 atom stereocenters. The van der Waals surface area contributed by atoms with Crippen LogP contribution in [0.1, 0.15) is 21.6 Å². The number of aromatic nitrogens is 3. The van der Waals surface area contributed by atoms with E-state index in [-0.39, 0.29) is 11.3 Å². The molecule has 0 fully saturated rings. The van der Waals surface area contributed by atoms with Gasteiger partial charge in [0.25, 0.3) is 5.91 Å². The number of hydrogen-bond acceptors (Lipinski definition) is 4. The van der Waals surface area contributed by atoms with Crippen LogP contribution in [0.5, 0.6) is 0 Å². The van der Waals surface area contributed by atoms with Crippen molar-refractivity contribution in [2.75, 3.05) is 5.43 Å². The second-order valence-corrected chi connectivity index (χ2v) is 5.46. The number of hydrazine groups is 1. The summed E-state index contributed by atoms with van der Waals surface area (Å²) in [6.07, 6.45) is -3.07. The van der Waals surface area contributed by atoms with Crippen molar-refractivity contribution in [2.24, 2.45) is 7.05 Å². The van der Waals surface area contributed by atoms with Crippen LogP contribution in [0.15, 0.2) is 36.5 Å². The molecule has 3 rings (SSSR count). The Hall–Kier alpha value is -3.10. The molecular weight excluding hydrogens is 335 g/mol. The highest BCUT2D eigenvalue weighted by molar-refractivity contribution is 5.97. The summed E-state index contributed by atoms with van der Waals surface area (Å²) in [6, 6.07) is 6.17. The SMILES string of the molecule is Cc1nn(C)c2ncc(C(=O)NNc3cccc(C(F)(F)F)c3)cc12. The summed E-state index contributed by atoms with van der Waals surface area (Å²) >= 11 is 0. The molecule has 2 aromatic heterocycles. The molecule has 0 saturated heterocycles. The molecule has 9 heteroatoms. The Morgan fingerprint density at radius 3 is 2.72 bits per heavy atom. The maximum atomic E-state index is 12.7. The highest BCUT2D eigenvalue weighted by Crippen LogP contribution is 2.30. The van der Waals surface area contributed by atoms with Gasteiger partial charge in [-0.1, -0.05) is 6.07 Å². The van der Waals surface area contributed by atoms with Gasteiger partial charge in [0.1, 0.15) is 0 Å². The van der Waals surface area contributed by atoms with E-state index >= 15 is 0 Å². The topological polar surface area (TPSA) is 71.8 Å². The average molecular weight is 349 g/mol. The first-order chi connectivity index (χ1) is 11.8. The first kappa shape index (κ1) is 16.7. The predicted molar refractivity (Wildman–Crippen MR) is 85.8 cm³/mol. The number of nitrogens with one attached hydrogen (secondary N) is 2. The average Bonchev–Trinajstić information content (AvgIpc) is 2.86. The van der Waals surface area contributed by atoms with E-state index in [0.717, 1.165) is 23.2 Å². The van der Waals surface area contributed by atoms with Crippen LogP contribution in [0.3, 0.4) is 0 Å². The molecule has 0 radical (unpaired) electrons. The van der Waals surface area contributed by atoms with Gasteiger partial charge in [-0.15, -0.1) is 0 Å². The third kappa shape index (κ3) is 3.39. The van der Waals surface area contributed by atoms with Crippen molar-refractivity contribution in [3.63, 3.8) is 0 Å². The molecule has 0 aliphatic carbocycles. The Kier molecular flexibility index (Phi) is 4.07. The Bertz CT molecular complexity index is 949. The third-order valence-corrected chi connectivity index (χ3v) is 3.64. The van der Waals surface area contributed by atoms with Crippen LogP contribution in [0.25, 0.3) is 11.0 Å². The van der Waals surface area contributed by atoms with Crippen LogP contribution in [0, 0.1) is 6.92 Å². The zero-order valence-electron chi connectivity index (χ0n) is 13.3. The van der Waals surface area contributed by atoms with E-state index in [0.29, 0.717) is 5.65 Å². The maximum absolute atomic E-state index is 12.7. The van der Waals surface area contributed by atoms with Gasteiger partial charge in [0.05, 0.1) is 22.5 Å². The fraction of sp³-hybridized carbons (Fsp3) is 0.188. The first-order valence-corrected chi connectivity index (χ1v) is 7.28. The second kappa shape index (κ2) is 6.08. The van der Waals surface area contributed by atoms with Crippen molar-refractivity contribution in [3.8, 4) is 0 Å². The summed E-state index contributed by atoms with van der Waals surface area (Å²) < 4.78 is 39.7. The highest BCUT2D eigenvalue weighted by atomic mass is 19.4. The first-order valence-electron chi connectivity index (χ1n) is 7.28. The van der Waals surface area contributed by atoms with Gasteiger partial charge < -0.3 is 0 Å². The van der Waals surface area contributed by atoms with Crippen LogP contribution in [-0.2, 0) is 13.2 Å². The standard InChI is InChI=1S/C16H14F3N5O/c1-9-13-6-10(8-20-14(13)24(2)23-9)15(25)22-21-12-5-3-4-11(7-12)16(17,18)19/h3-8,21H,1-2H3,(H,22,25). The number of pyridine rings is 1. The Labute approximate surface area is 140 Å². The number of carbonyl (C=O) groups is 1. The van der Waals surface area contributed by atoms with Crippen LogP contribution in [0.4, 0.5) is 18.9 Å². The van der Waals surface area contributed by atoms with E-state index in [1.54, 1.807) is 24.7 Å². The Morgan fingerprint density at radius 1 is 1.24 bits per heavy atom. The van der Waals surface area contributed by atoms with E-state index in [9.17, 15) is 18.0 Å². The molecule has 3 aromatic rings. The van der Waals surface area contributed by atoms with Gasteiger partial charge in [0.2, 0.25) is 0 Å². The Morgan fingerprint density at radius 2 is 2.00 bits per heavy atom. The lowest BCUT2D eigenvalue weighted by molar-refractivity contribution is -0.137. The molecule has 130 valence electrons. The third-order valence-electron chi connectivity index (χ3n) is 3.64. The number of anilines is 1. The molecule has 0 spiro atoms. The summed E-state index contributed by atoms with van der Waals surface area (Å²) in [4.78, 5) is 16.4. The van der Waals surface area contributed by atoms with Crippen molar-refractivity contribution in [2.45, 2.75) is 13.1 Å². The predicted octanol–water partition coefficient (Wildman–Crippen LogP) is 3.05. The lowest BCUT2D eigenvalue weighted by Gasteiger charge is -2.11. The largest absolute Gasteiger partial charge is 0.416 e. The quantitative estimate of drug-likeness (QED) is 0.713. The second-order valence-electron chi connectivity index (χ2n) is 5.46. The minimum atomic E-state index is -4.45. The maximum Gasteiger partial charge on any atom is 0.416 e. The minimum Gasteiger partial charge on any atom is -0.298 e. The molecule has 2 heterocycles. The number of halogens is 3. The van der Waals surface area contributed by atoms with Crippen molar-refractivity contribution in [3.05, 3.63) is 53.3 Å². The van der Waals surface area contributed by atoms with E-state index in [1.165, 1.54) is 18.3 Å². The number of benzene rings is 1. The van der Waals surface area contributed by atoms with E-state index in [4.69, 9.17) is 0 Å².